The number of rotatable bonds is 2. The fraction of sp³-hybridized carbons (Fsp3) is 0. The minimum atomic E-state index is 0.0888. The standard InChI is InChI=1S/C17H11N5S/c18-8-12-14(10-4-2-1-3-5-10)13(9-19)16(20)22-15(12)11-6-7-23-17(11)21/h1-7H,21H2,(H2,20,22). The summed E-state index contributed by atoms with van der Waals surface area (Å²) in [6.07, 6.45) is 0. The third kappa shape index (κ3) is 2.38. The zero-order chi connectivity index (χ0) is 16.4. The first-order chi connectivity index (χ1) is 11.2. The van der Waals surface area contributed by atoms with Crippen LogP contribution in [0.3, 0.4) is 0 Å². The first kappa shape index (κ1) is 14.6. The van der Waals surface area contributed by atoms with Crippen molar-refractivity contribution in [2.75, 3.05) is 11.5 Å². The number of thiophene rings is 1. The van der Waals surface area contributed by atoms with E-state index in [1.807, 2.05) is 35.7 Å². The average molecular weight is 317 g/mol. The van der Waals surface area contributed by atoms with Crippen molar-refractivity contribution in [1.82, 2.24) is 4.98 Å². The van der Waals surface area contributed by atoms with E-state index in [9.17, 15) is 10.5 Å². The third-order valence-corrected chi connectivity index (χ3v) is 4.21. The molecule has 0 spiro atoms. The summed E-state index contributed by atoms with van der Waals surface area (Å²) in [5.74, 6) is 0.0888. The lowest BCUT2D eigenvalue weighted by Gasteiger charge is -2.13. The van der Waals surface area contributed by atoms with Crippen molar-refractivity contribution < 1.29 is 0 Å². The largest absolute Gasteiger partial charge is 0.390 e. The van der Waals surface area contributed by atoms with Gasteiger partial charge in [0.05, 0.1) is 16.3 Å². The molecule has 2 aromatic heterocycles. The molecule has 6 heteroatoms. The predicted molar refractivity (Wildman–Crippen MR) is 91.2 cm³/mol. The molecule has 0 fully saturated rings. The van der Waals surface area contributed by atoms with E-state index < -0.39 is 0 Å². The van der Waals surface area contributed by atoms with Crippen LogP contribution >= 0.6 is 11.3 Å². The van der Waals surface area contributed by atoms with Crippen LogP contribution in [0.25, 0.3) is 22.4 Å². The summed E-state index contributed by atoms with van der Waals surface area (Å²) in [5.41, 5.74) is 14.7. The Morgan fingerprint density at radius 1 is 0.957 bits per heavy atom. The van der Waals surface area contributed by atoms with Gasteiger partial charge in [0.25, 0.3) is 0 Å². The zero-order valence-corrected chi connectivity index (χ0v) is 12.8. The Bertz CT molecular complexity index is 961. The van der Waals surface area contributed by atoms with Gasteiger partial charge in [-0.1, -0.05) is 30.3 Å². The molecule has 1 aromatic carbocycles. The lowest BCUT2D eigenvalue weighted by molar-refractivity contribution is 1.29. The normalized spacial score (nSPS) is 10.0. The van der Waals surface area contributed by atoms with Crippen LogP contribution in [0.5, 0.6) is 0 Å². The Labute approximate surface area is 137 Å². The second-order valence-electron chi connectivity index (χ2n) is 4.76. The SMILES string of the molecule is N#Cc1c(N)nc(-c2ccsc2N)c(C#N)c1-c1ccccc1. The number of nitriles is 2. The Kier molecular flexibility index (Phi) is 3.68. The molecule has 3 aromatic rings. The maximum atomic E-state index is 9.68. The fourth-order valence-electron chi connectivity index (χ4n) is 2.43. The number of aromatic nitrogens is 1. The molecule has 0 aliphatic rings. The van der Waals surface area contributed by atoms with E-state index in [0.717, 1.165) is 5.56 Å². The van der Waals surface area contributed by atoms with E-state index in [1.54, 1.807) is 6.07 Å². The van der Waals surface area contributed by atoms with Crippen LogP contribution in [0.15, 0.2) is 41.8 Å². The van der Waals surface area contributed by atoms with Crippen LogP contribution in [0.2, 0.25) is 0 Å². The van der Waals surface area contributed by atoms with Gasteiger partial charge in [-0.05, 0) is 17.0 Å². The summed E-state index contributed by atoms with van der Waals surface area (Å²) in [7, 11) is 0. The molecule has 0 radical (unpaired) electrons. The number of hydrogen-bond acceptors (Lipinski definition) is 6. The lowest BCUT2D eigenvalue weighted by atomic mass is 9.93. The van der Waals surface area contributed by atoms with Crippen LogP contribution < -0.4 is 11.5 Å². The van der Waals surface area contributed by atoms with Gasteiger partial charge in [0.15, 0.2) is 0 Å². The second kappa shape index (κ2) is 5.80. The molecule has 23 heavy (non-hydrogen) atoms. The smallest absolute Gasteiger partial charge is 0.142 e. The highest BCUT2D eigenvalue weighted by Crippen LogP contribution is 2.38. The van der Waals surface area contributed by atoms with Crippen molar-refractivity contribution in [3.63, 3.8) is 0 Å². The van der Waals surface area contributed by atoms with Gasteiger partial charge < -0.3 is 11.5 Å². The molecule has 0 saturated heterocycles. The molecule has 0 atom stereocenters. The van der Waals surface area contributed by atoms with Gasteiger partial charge in [-0.2, -0.15) is 10.5 Å². The van der Waals surface area contributed by atoms with Gasteiger partial charge in [0.1, 0.15) is 23.5 Å². The van der Waals surface area contributed by atoms with Gasteiger partial charge in [-0.3, -0.25) is 0 Å². The quantitative estimate of drug-likeness (QED) is 0.752. The van der Waals surface area contributed by atoms with E-state index in [-0.39, 0.29) is 11.4 Å². The summed E-state index contributed by atoms with van der Waals surface area (Å²) < 4.78 is 0. The topological polar surface area (TPSA) is 113 Å². The van der Waals surface area contributed by atoms with Crippen molar-refractivity contribution in [2.24, 2.45) is 0 Å². The second-order valence-corrected chi connectivity index (χ2v) is 5.71. The Balaban J connectivity index is 2.43. The van der Waals surface area contributed by atoms with Crippen molar-refractivity contribution in [3.05, 3.63) is 52.9 Å². The van der Waals surface area contributed by atoms with Crippen molar-refractivity contribution in [1.29, 1.82) is 10.5 Å². The molecule has 0 unspecified atom stereocenters. The van der Waals surface area contributed by atoms with Gasteiger partial charge in [-0.25, -0.2) is 4.98 Å². The molecule has 0 saturated carbocycles. The monoisotopic (exact) mass is 317 g/mol. The molecule has 0 bridgehead atoms. The molecular formula is C17H11N5S. The minimum Gasteiger partial charge on any atom is -0.390 e. The summed E-state index contributed by atoms with van der Waals surface area (Å²) in [4.78, 5) is 4.26. The van der Waals surface area contributed by atoms with Gasteiger partial charge in [0.2, 0.25) is 0 Å². The number of nitrogens with two attached hydrogens (primary N) is 2. The van der Waals surface area contributed by atoms with Gasteiger partial charge in [-0.15, -0.1) is 11.3 Å². The van der Waals surface area contributed by atoms with E-state index in [1.165, 1.54) is 11.3 Å². The van der Waals surface area contributed by atoms with Gasteiger partial charge in [0, 0.05) is 11.1 Å². The van der Waals surface area contributed by atoms with E-state index in [0.29, 0.717) is 27.4 Å². The Morgan fingerprint density at radius 2 is 1.65 bits per heavy atom. The van der Waals surface area contributed by atoms with E-state index in [2.05, 4.69) is 17.1 Å². The Hall–Kier alpha value is -3.35. The Morgan fingerprint density at radius 3 is 2.22 bits per heavy atom. The molecule has 2 heterocycles. The maximum Gasteiger partial charge on any atom is 0.142 e. The minimum absolute atomic E-state index is 0.0888. The molecule has 0 aliphatic heterocycles. The molecule has 3 rings (SSSR count). The highest BCUT2D eigenvalue weighted by Gasteiger charge is 2.22. The van der Waals surface area contributed by atoms with Crippen LogP contribution in [0, 0.1) is 22.7 Å². The summed E-state index contributed by atoms with van der Waals surface area (Å²) in [6, 6.07) is 15.2. The van der Waals surface area contributed by atoms with Crippen LogP contribution in [0.1, 0.15) is 11.1 Å². The third-order valence-electron chi connectivity index (χ3n) is 3.46. The first-order valence-corrected chi connectivity index (χ1v) is 7.57. The maximum absolute atomic E-state index is 9.68. The lowest BCUT2D eigenvalue weighted by Crippen LogP contribution is -2.04. The summed E-state index contributed by atoms with van der Waals surface area (Å²) >= 11 is 1.36. The molecule has 4 N–H and O–H groups in total. The molecule has 5 nitrogen and oxygen atoms in total. The highest BCUT2D eigenvalue weighted by molar-refractivity contribution is 7.14. The van der Waals surface area contributed by atoms with E-state index >= 15 is 0 Å². The number of anilines is 2. The molecule has 0 amide bonds. The van der Waals surface area contributed by atoms with Crippen LogP contribution in [-0.2, 0) is 0 Å². The number of nitrogens with zero attached hydrogens (tertiary/aromatic N) is 3. The average Bonchev–Trinajstić information content (AvgIpc) is 3.00. The number of nitrogen functional groups attached to an aromatic ring is 2. The summed E-state index contributed by atoms with van der Waals surface area (Å²) in [5, 5.41) is 21.5. The van der Waals surface area contributed by atoms with Crippen LogP contribution in [-0.4, -0.2) is 4.98 Å². The van der Waals surface area contributed by atoms with Crippen molar-refractivity contribution in [3.8, 4) is 34.5 Å². The van der Waals surface area contributed by atoms with E-state index in [4.69, 9.17) is 11.5 Å². The number of hydrogen-bond donors (Lipinski definition) is 2. The molecule has 110 valence electrons. The summed E-state index contributed by atoms with van der Waals surface area (Å²) in [6.45, 7) is 0. The van der Waals surface area contributed by atoms with Crippen molar-refractivity contribution >= 4 is 22.2 Å². The number of benzene rings is 1. The molecule has 0 aliphatic carbocycles. The van der Waals surface area contributed by atoms with Crippen molar-refractivity contribution in [2.45, 2.75) is 0 Å². The fourth-order valence-corrected chi connectivity index (χ4v) is 3.07. The zero-order valence-electron chi connectivity index (χ0n) is 11.9. The van der Waals surface area contributed by atoms with Gasteiger partial charge >= 0.3 is 0 Å². The predicted octanol–water partition coefficient (Wildman–Crippen LogP) is 3.38. The number of pyridine rings is 1. The molecular weight excluding hydrogens is 306 g/mol. The van der Waals surface area contributed by atoms with Crippen LogP contribution in [0.4, 0.5) is 10.8 Å². The highest BCUT2D eigenvalue weighted by atomic mass is 32.1. The first-order valence-electron chi connectivity index (χ1n) is 6.69.